The molecular weight excluding hydrogens is 293 g/mol. The van der Waals surface area contributed by atoms with Crippen molar-refractivity contribution in [1.82, 2.24) is 15.0 Å². The monoisotopic (exact) mass is 303 g/mol. The van der Waals surface area contributed by atoms with Crippen molar-refractivity contribution in [3.8, 4) is 11.4 Å². The van der Waals surface area contributed by atoms with Gasteiger partial charge in [-0.1, -0.05) is 48.3 Å². The molecule has 0 aliphatic carbocycles. The van der Waals surface area contributed by atoms with Crippen LogP contribution >= 0.6 is 23.2 Å². The Bertz CT molecular complexity index is 759. The Balaban J connectivity index is 2.26. The molecule has 0 unspecified atom stereocenters. The molecule has 0 fully saturated rings. The number of fused-ring (bicyclic) bond motifs is 1. The minimum atomic E-state index is 0.406. The van der Waals surface area contributed by atoms with Crippen LogP contribution in [0.3, 0.4) is 0 Å². The van der Waals surface area contributed by atoms with Crippen LogP contribution in [0, 0.1) is 0 Å². The second kappa shape index (κ2) is 5.35. The number of benzene rings is 1. The standard InChI is InChI=1S/C15H11Cl2N3/c1-2-9-13(16)19-15(20-14(9)17)11-7-8-18-12-6-4-3-5-10(11)12/h3-8H,2H2,1H3. The summed E-state index contributed by atoms with van der Waals surface area (Å²) >= 11 is 12.4. The molecule has 0 saturated carbocycles. The molecule has 20 heavy (non-hydrogen) atoms. The highest BCUT2D eigenvalue weighted by atomic mass is 35.5. The first-order chi connectivity index (χ1) is 9.70. The van der Waals surface area contributed by atoms with E-state index in [0.29, 0.717) is 22.6 Å². The molecular formula is C15H11Cl2N3. The molecule has 0 amide bonds. The molecule has 0 aliphatic rings. The number of hydrogen-bond acceptors (Lipinski definition) is 3. The third kappa shape index (κ3) is 2.23. The molecule has 2 heterocycles. The van der Waals surface area contributed by atoms with Crippen molar-refractivity contribution in [3.05, 3.63) is 52.4 Å². The molecule has 3 aromatic rings. The van der Waals surface area contributed by atoms with Gasteiger partial charge in [-0.25, -0.2) is 9.97 Å². The summed E-state index contributed by atoms with van der Waals surface area (Å²) in [6.45, 7) is 1.97. The molecule has 3 rings (SSSR count). The third-order valence-corrected chi connectivity index (χ3v) is 3.77. The van der Waals surface area contributed by atoms with Gasteiger partial charge in [0.1, 0.15) is 10.3 Å². The van der Waals surface area contributed by atoms with Gasteiger partial charge in [0, 0.05) is 22.7 Å². The fourth-order valence-electron chi connectivity index (χ4n) is 2.13. The van der Waals surface area contributed by atoms with E-state index in [1.807, 2.05) is 37.3 Å². The summed E-state index contributed by atoms with van der Waals surface area (Å²) in [5, 5.41) is 1.79. The lowest BCUT2D eigenvalue weighted by atomic mass is 10.1. The molecule has 3 nitrogen and oxygen atoms in total. The van der Waals surface area contributed by atoms with Crippen LogP contribution in [0.25, 0.3) is 22.3 Å². The van der Waals surface area contributed by atoms with Gasteiger partial charge < -0.3 is 0 Å². The van der Waals surface area contributed by atoms with Crippen molar-refractivity contribution in [3.63, 3.8) is 0 Å². The average molecular weight is 304 g/mol. The highest BCUT2D eigenvalue weighted by molar-refractivity contribution is 6.34. The topological polar surface area (TPSA) is 38.7 Å². The lowest BCUT2D eigenvalue weighted by Crippen LogP contribution is -1.97. The fourth-order valence-corrected chi connectivity index (χ4v) is 2.79. The molecule has 5 heteroatoms. The van der Waals surface area contributed by atoms with E-state index in [0.717, 1.165) is 22.0 Å². The van der Waals surface area contributed by atoms with Crippen LogP contribution in [0.1, 0.15) is 12.5 Å². The maximum Gasteiger partial charge on any atom is 0.163 e. The zero-order valence-electron chi connectivity index (χ0n) is 10.8. The maximum atomic E-state index is 6.18. The normalized spacial score (nSPS) is 10.9. The molecule has 0 atom stereocenters. The van der Waals surface area contributed by atoms with Gasteiger partial charge in [0.15, 0.2) is 5.82 Å². The molecule has 0 aliphatic heterocycles. The van der Waals surface area contributed by atoms with Gasteiger partial charge in [0.25, 0.3) is 0 Å². The van der Waals surface area contributed by atoms with E-state index in [2.05, 4.69) is 15.0 Å². The second-order valence-corrected chi connectivity index (χ2v) is 5.05. The van der Waals surface area contributed by atoms with E-state index in [-0.39, 0.29) is 0 Å². The van der Waals surface area contributed by atoms with Gasteiger partial charge >= 0.3 is 0 Å². The third-order valence-electron chi connectivity index (χ3n) is 3.15. The number of halogens is 2. The average Bonchev–Trinajstić information content (AvgIpc) is 2.46. The molecule has 0 spiro atoms. The molecule has 1 aromatic carbocycles. The van der Waals surface area contributed by atoms with Crippen LogP contribution in [-0.4, -0.2) is 15.0 Å². The van der Waals surface area contributed by atoms with Crippen LogP contribution in [0.5, 0.6) is 0 Å². The van der Waals surface area contributed by atoms with E-state index < -0.39 is 0 Å². The number of rotatable bonds is 2. The second-order valence-electron chi connectivity index (χ2n) is 4.34. The molecule has 0 radical (unpaired) electrons. The van der Waals surface area contributed by atoms with Crippen molar-refractivity contribution in [2.45, 2.75) is 13.3 Å². The summed E-state index contributed by atoms with van der Waals surface area (Å²) in [5.41, 5.74) is 2.54. The van der Waals surface area contributed by atoms with Crippen molar-refractivity contribution in [1.29, 1.82) is 0 Å². The summed E-state index contributed by atoms with van der Waals surface area (Å²) < 4.78 is 0. The van der Waals surface area contributed by atoms with E-state index in [9.17, 15) is 0 Å². The van der Waals surface area contributed by atoms with E-state index in [1.54, 1.807) is 6.20 Å². The Kier molecular flexibility index (Phi) is 3.55. The molecule has 0 N–H and O–H groups in total. The van der Waals surface area contributed by atoms with E-state index in [1.165, 1.54) is 0 Å². The first kappa shape index (κ1) is 13.3. The largest absolute Gasteiger partial charge is 0.256 e. The lowest BCUT2D eigenvalue weighted by Gasteiger charge is -2.08. The predicted molar refractivity (Wildman–Crippen MR) is 82.2 cm³/mol. The Labute approximate surface area is 126 Å². The maximum absolute atomic E-state index is 6.18. The van der Waals surface area contributed by atoms with E-state index >= 15 is 0 Å². The highest BCUT2D eigenvalue weighted by Gasteiger charge is 2.13. The highest BCUT2D eigenvalue weighted by Crippen LogP contribution is 2.29. The molecule has 0 saturated heterocycles. The van der Waals surface area contributed by atoms with Crippen molar-refractivity contribution < 1.29 is 0 Å². The van der Waals surface area contributed by atoms with E-state index in [4.69, 9.17) is 23.2 Å². The van der Waals surface area contributed by atoms with Crippen LogP contribution in [0.2, 0.25) is 10.3 Å². The first-order valence-electron chi connectivity index (χ1n) is 6.26. The number of para-hydroxylation sites is 1. The zero-order valence-corrected chi connectivity index (χ0v) is 12.3. The van der Waals surface area contributed by atoms with Crippen LogP contribution < -0.4 is 0 Å². The number of pyridine rings is 1. The Hall–Kier alpha value is -1.71. The summed E-state index contributed by atoms with van der Waals surface area (Å²) in [7, 11) is 0. The molecule has 2 aromatic heterocycles. The fraction of sp³-hybridized carbons (Fsp3) is 0.133. The van der Waals surface area contributed by atoms with Gasteiger partial charge in [-0.05, 0) is 18.6 Å². The zero-order chi connectivity index (χ0) is 14.1. The number of aromatic nitrogens is 3. The number of nitrogens with zero attached hydrogens (tertiary/aromatic N) is 3. The predicted octanol–water partition coefficient (Wildman–Crippen LogP) is 4.56. The Morgan fingerprint density at radius 2 is 1.70 bits per heavy atom. The van der Waals surface area contributed by atoms with Gasteiger partial charge in [0.2, 0.25) is 0 Å². The lowest BCUT2D eigenvalue weighted by molar-refractivity contribution is 1.05. The molecule has 100 valence electrons. The first-order valence-corrected chi connectivity index (χ1v) is 7.02. The van der Waals surface area contributed by atoms with Gasteiger partial charge in [-0.2, -0.15) is 0 Å². The van der Waals surface area contributed by atoms with Crippen molar-refractivity contribution in [2.75, 3.05) is 0 Å². The van der Waals surface area contributed by atoms with Crippen LogP contribution in [-0.2, 0) is 6.42 Å². The van der Waals surface area contributed by atoms with Crippen LogP contribution in [0.15, 0.2) is 36.5 Å². The Morgan fingerprint density at radius 3 is 2.40 bits per heavy atom. The van der Waals surface area contributed by atoms with Gasteiger partial charge in [-0.15, -0.1) is 0 Å². The summed E-state index contributed by atoms with van der Waals surface area (Å²) in [6.07, 6.45) is 2.44. The minimum Gasteiger partial charge on any atom is -0.256 e. The summed E-state index contributed by atoms with van der Waals surface area (Å²) in [6, 6.07) is 9.70. The van der Waals surface area contributed by atoms with Crippen molar-refractivity contribution in [2.24, 2.45) is 0 Å². The summed E-state index contributed by atoms with van der Waals surface area (Å²) in [5.74, 6) is 0.524. The SMILES string of the molecule is CCc1c(Cl)nc(-c2ccnc3ccccc23)nc1Cl. The van der Waals surface area contributed by atoms with Crippen LogP contribution in [0.4, 0.5) is 0 Å². The molecule has 0 bridgehead atoms. The number of hydrogen-bond donors (Lipinski definition) is 0. The van der Waals surface area contributed by atoms with Gasteiger partial charge in [-0.3, -0.25) is 4.98 Å². The Morgan fingerprint density at radius 1 is 1.00 bits per heavy atom. The minimum absolute atomic E-state index is 0.406. The summed E-state index contributed by atoms with van der Waals surface area (Å²) in [4.78, 5) is 13.1. The van der Waals surface area contributed by atoms with Crippen molar-refractivity contribution >= 4 is 34.1 Å². The smallest absolute Gasteiger partial charge is 0.163 e. The van der Waals surface area contributed by atoms with Gasteiger partial charge in [0.05, 0.1) is 5.52 Å². The quantitative estimate of drug-likeness (QED) is 0.651.